The summed E-state index contributed by atoms with van der Waals surface area (Å²) in [5, 5.41) is 0. The summed E-state index contributed by atoms with van der Waals surface area (Å²) in [5.41, 5.74) is 7.90. The SMILES string of the molecule is Cc1cccc(C)c1-c1cc2nc(n1)NSc1cccc(c1)C(CC1CC(C)(Cc3ccccc3)C1)C(CC(C)(C)C)CO2. The molecule has 1 aliphatic heterocycles. The van der Waals surface area contributed by atoms with Crippen molar-refractivity contribution in [3.8, 4) is 17.1 Å². The second-order valence-corrected chi connectivity index (χ2v) is 15.8. The first-order valence-corrected chi connectivity index (χ1v) is 17.0. The van der Waals surface area contributed by atoms with Crippen LogP contribution in [0.1, 0.15) is 81.5 Å². The number of anilines is 1. The standard InChI is InChI=1S/C39H47N3OS/c1-26-12-10-13-27(2)36(26)34-20-35-41-37(40-34)42-44-32-17-11-16-30(19-32)33(31(25-43-35)24-38(3,4)5)18-29-22-39(6,23-29)21-28-14-8-7-9-15-28/h7-17,19-20,29,31,33H,18,21-25H2,1-6H3,(H,40,41,42). The second-order valence-electron chi connectivity index (χ2n) is 14.9. The van der Waals surface area contributed by atoms with Crippen LogP contribution in [0, 0.1) is 36.5 Å². The molecule has 2 atom stereocenters. The van der Waals surface area contributed by atoms with Crippen LogP contribution >= 0.6 is 11.9 Å². The fourth-order valence-electron chi connectivity index (χ4n) is 7.79. The van der Waals surface area contributed by atoms with Gasteiger partial charge in [0.1, 0.15) is 0 Å². The third-order valence-corrected chi connectivity index (χ3v) is 10.3. The van der Waals surface area contributed by atoms with Crippen LogP contribution < -0.4 is 9.46 Å². The molecule has 3 aromatic carbocycles. The number of ether oxygens (including phenoxy) is 1. The third-order valence-electron chi connectivity index (χ3n) is 9.50. The number of rotatable bonds is 6. The summed E-state index contributed by atoms with van der Waals surface area (Å²) in [6, 6.07) is 28.6. The summed E-state index contributed by atoms with van der Waals surface area (Å²) in [7, 11) is 0. The Balaban J connectivity index is 1.30. The molecule has 1 aliphatic carbocycles. The maximum Gasteiger partial charge on any atom is 0.237 e. The molecule has 0 spiro atoms. The molecule has 0 radical (unpaired) electrons. The van der Waals surface area contributed by atoms with E-state index in [1.54, 1.807) is 11.9 Å². The number of nitrogens with one attached hydrogen (secondary N) is 1. The van der Waals surface area contributed by atoms with Crippen molar-refractivity contribution in [3.05, 3.63) is 101 Å². The Morgan fingerprint density at radius 1 is 0.909 bits per heavy atom. The van der Waals surface area contributed by atoms with E-state index in [-0.39, 0.29) is 5.41 Å². The van der Waals surface area contributed by atoms with Gasteiger partial charge in [-0.15, -0.1) is 0 Å². The Morgan fingerprint density at radius 2 is 1.64 bits per heavy atom. The summed E-state index contributed by atoms with van der Waals surface area (Å²) < 4.78 is 10.1. The average Bonchev–Trinajstić information content (AvgIpc) is 2.96. The zero-order valence-electron chi connectivity index (χ0n) is 27.2. The first-order valence-electron chi connectivity index (χ1n) is 16.2. The van der Waals surface area contributed by atoms with Crippen LogP contribution in [0.5, 0.6) is 5.88 Å². The van der Waals surface area contributed by atoms with E-state index in [1.807, 2.05) is 6.07 Å². The Morgan fingerprint density at radius 3 is 2.36 bits per heavy atom. The third kappa shape index (κ3) is 7.31. The van der Waals surface area contributed by atoms with Crippen LogP contribution in [-0.4, -0.2) is 16.6 Å². The van der Waals surface area contributed by atoms with Crippen LogP contribution in [0.25, 0.3) is 11.3 Å². The predicted octanol–water partition coefficient (Wildman–Crippen LogP) is 10.5. The molecule has 2 aliphatic rings. The van der Waals surface area contributed by atoms with E-state index < -0.39 is 0 Å². The lowest BCUT2D eigenvalue weighted by Crippen LogP contribution is -2.38. The number of benzene rings is 3. The van der Waals surface area contributed by atoms with Crippen LogP contribution in [0.2, 0.25) is 0 Å². The van der Waals surface area contributed by atoms with Gasteiger partial charge in [-0.25, -0.2) is 4.98 Å². The summed E-state index contributed by atoms with van der Waals surface area (Å²) in [6.45, 7) is 14.5. The van der Waals surface area contributed by atoms with Crippen molar-refractivity contribution in [2.24, 2.45) is 22.7 Å². The molecule has 4 bridgehead atoms. The summed E-state index contributed by atoms with van der Waals surface area (Å²) in [5.74, 6) is 2.72. The molecule has 2 heterocycles. The smallest absolute Gasteiger partial charge is 0.237 e. The van der Waals surface area contributed by atoms with Gasteiger partial charge in [0, 0.05) is 22.4 Å². The Bertz CT molecular complexity index is 1570. The molecular weight excluding hydrogens is 559 g/mol. The molecule has 0 saturated heterocycles. The van der Waals surface area contributed by atoms with Gasteiger partial charge in [-0.2, -0.15) is 4.98 Å². The van der Waals surface area contributed by atoms with Gasteiger partial charge in [-0.1, -0.05) is 88.4 Å². The van der Waals surface area contributed by atoms with Crippen molar-refractivity contribution in [3.63, 3.8) is 0 Å². The Hall–Kier alpha value is -3.31. The Kier molecular flexibility index (Phi) is 8.79. The van der Waals surface area contributed by atoms with E-state index in [4.69, 9.17) is 14.7 Å². The highest BCUT2D eigenvalue weighted by molar-refractivity contribution is 8.00. The van der Waals surface area contributed by atoms with Gasteiger partial charge in [0.15, 0.2) is 0 Å². The topological polar surface area (TPSA) is 47.0 Å². The Labute approximate surface area is 268 Å². The van der Waals surface area contributed by atoms with Gasteiger partial charge in [0.2, 0.25) is 11.8 Å². The van der Waals surface area contributed by atoms with Crippen molar-refractivity contribution in [2.75, 3.05) is 11.3 Å². The monoisotopic (exact) mass is 605 g/mol. The molecule has 2 unspecified atom stereocenters. The van der Waals surface area contributed by atoms with Crippen LogP contribution in [-0.2, 0) is 6.42 Å². The molecule has 0 amide bonds. The summed E-state index contributed by atoms with van der Waals surface area (Å²) >= 11 is 1.58. The minimum absolute atomic E-state index is 0.180. The first kappa shape index (κ1) is 30.7. The first-order chi connectivity index (χ1) is 21.0. The van der Waals surface area contributed by atoms with Crippen molar-refractivity contribution in [2.45, 2.75) is 84.5 Å². The lowest BCUT2D eigenvalue weighted by Gasteiger charge is -2.48. The van der Waals surface area contributed by atoms with Crippen LogP contribution in [0.15, 0.2) is 83.8 Å². The highest BCUT2D eigenvalue weighted by Gasteiger charge is 2.42. The van der Waals surface area contributed by atoms with E-state index in [2.05, 4.69) is 119 Å². The molecule has 5 heteroatoms. The van der Waals surface area contributed by atoms with Gasteiger partial charge in [0.05, 0.1) is 12.3 Å². The maximum atomic E-state index is 6.67. The normalized spacial score (nSPS) is 23.4. The number of hydrogen-bond donors (Lipinski definition) is 1. The van der Waals surface area contributed by atoms with Gasteiger partial charge in [-0.05, 0) is 115 Å². The van der Waals surface area contributed by atoms with Crippen molar-refractivity contribution >= 4 is 17.9 Å². The predicted molar refractivity (Wildman–Crippen MR) is 184 cm³/mol. The lowest BCUT2D eigenvalue weighted by molar-refractivity contribution is 0.0514. The van der Waals surface area contributed by atoms with Crippen molar-refractivity contribution in [1.82, 2.24) is 9.97 Å². The molecule has 1 saturated carbocycles. The highest BCUT2D eigenvalue weighted by atomic mass is 32.2. The van der Waals surface area contributed by atoms with Crippen LogP contribution in [0.4, 0.5) is 5.95 Å². The molecule has 4 aromatic rings. The van der Waals surface area contributed by atoms with Crippen molar-refractivity contribution < 1.29 is 4.74 Å². The molecule has 44 heavy (non-hydrogen) atoms. The number of aromatic nitrogens is 2. The van der Waals surface area contributed by atoms with Crippen molar-refractivity contribution in [1.29, 1.82) is 0 Å². The van der Waals surface area contributed by atoms with E-state index >= 15 is 0 Å². The number of aryl methyl sites for hydroxylation is 2. The van der Waals surface area contributed by atoms with E-state index in [1.165, 1.54) is 52.8 Å². The van der Waals surface area contributed by atoms with Gasteiger partial charge >= 0.3 is 0 Å². The molecule has 4 nitrogen and oxygen atoms in total. The van der Waals surface area contributed by atoms with Gasteiger partial charge in [-0.3, -0.25) is 4.72 Å². The van der Waals surface area contributed by atoms with E-state index in [9.17, 15) is 0 Å². The molecule has 6 rings (SSSR count). The van der Waals surface area contributed by atoms with Gasteiger partial charge in [0.25, 0.3) is 0 Å². The molecule has 1 N–H and O–H groups in total. The number of fused-ring (bicyclic) bond motifs is 4. The minimum atomic E-state index is 0.180. The average molecular weight is 606 g/mol. The van der Waals surface area contributed by atoms with E-state index in [0.717, 1.165) is 23.6 Å². The lowest BCUT2D eigenvalue weighted by atomic mass is 9.57. The zero-order chi connectivity index (χ0) is 30.9. The maximum absolute atomic E-state index is 6.67. The fourth-order valence-corrected chi connectivity index (χ4v) is 8.44. The quantitative estimate of drug-likeness (QED) is 0.222. The number of hydrogen-bond acceptors (Lipinski definition) is 5. The molecular formula is C39H47N3OS. The van der Waals surface area contributed by atoms with E-state index in [0.29, 0.717) is 35.7 Å². The minimum Gasteiger partial charge on any atom is -0.477 e. The van der Waals surface area contributed by atoms with Gasteiger partial charge < -0.3 is 4.74 Å². The zero-order valence-corrected chi connectivity index (χ0v) is 28.0. The molecule has 1 aromatic heterocycles. The number of nitrogens with zero attached hydrogens (tertiary/aromatic N) is 2. The highest BCUT2D eigenvalue weighted by Crippen LogP contribution is 2.52. The fraction of sp³-hybridized carbons (Fsp3) is 0.436. The van der Waals surface area contributed by atoms with Crippen LogP contribution in [0.3, 0.4) is 0 Å². The summed E-state index contributed by atoms with van der Waals surface area (Å²) in [6.07, 6.45) is 6.01. The molecule has 1 fully saturated rings. The second kappa shape index (κ2) is 12.6. The summed E-state index contributed by atoms with van der Waals surface area (Å²) in [4.78, 5) is 11.0. The molecule has 230 valence electrons. The largest absolute Gasteiger partial charge is 0.477 e.